The van der Waals surface area contributed by atoms with Crippen molar-refractivity contribution in [2.45, 2.75) is 57.1 Å². The van der Waals surface area contributed by atoms with Gasteiger partial charge in [-0.2, -0.15) is 4.98 Å². The van der Waals surface area contributed by atoms with E-state index < -0.39 is 22.9 Å². The van der Waals surface area contributed by atoms with E-state index in [1.54, 1.807) is 19.4 Å². The molecule has 2 saturated heterocycles. The number of hydrogen-bond donors (Lipinski definition) is 3. The Morgan fingerprint density at radius 1 is 1.15 bits per heavy atom. The van der Waals surface area contributed by atoms with Gasteiger partial charge in [0.2, 0.25) is 5.95 Å². The lowest BCUT2D eigenvalue weighted by atomic mass is 9.93. The molecule has 210 valence electrons. The van der Waals surface area contributed by atoms with Gasteiger partial charge in [-0.05, 0) is 41.8 Å². The Kier molecular flexibility index (Phi) is 8.13. The number of anilines is 4. The summed E-state index contributed by atoms with van der Waals surface area (Å²) in [5.74, 6) is 3.07. The van der Waals surface area contributed by atoms with Crippen LogP contribution in [-0.4, -0.2) is 75.0 Å². The van der Waals surface area contributed by atoms with E-state index in [9.17, 15) is 8.60 Å². The maximum atomic E-state index is 14.4. The van der Waals surface area contributed by atoms with Crippen molar-refractivity contribution in [1.29, 1.82) is 4.78 Å². The maximum Gasteiger partial charge on any atom is 0.227 e. The number of aromatic nitrogens is 4. The Hall–Kier alpha value is -3.12. The molecule has 3 aromatic rings. The van der Waals surface area contributed by atoms with Crippen molar-refractivity contribution in [2.75, 3.05) is 48.4 Å². The van der Waals surface area contributed by atoms with Gasteiger partial charge in [-0.1, -0.05) is 20.8 Å². The Labute approximate surface area is 230 Å². The van der Waals surface area contributed by atoms with Gasteiger partial charge in [-0.3, -0.25) is 8.99 Å². The zero-order valence-corrected chi connectivity index (χ0v) is 23.7. The maximum absolute atomic E-state index is 14.4. The molecule has 2 fully saturated rings. The molecule has 0 radical (unpaired) electrons. The van der Waals surface area contributed by atoms with Crippen molar-refractivity contribution < 1.29 is 13.3 Å². The predicted octanol–water partition coefficient (Wildman–Crippen LogP) is 4.31. The first kappa shape index (κ1) is 27.4. The Morgan fingerprint density at radius 3 is 2.62 bits per heavy atom. The lowest BCUT2D eigenvalue weighted by Crippen LogP contribution is -2.52. The van der Waals surface area contributed by atoms with Crippen molar-refractivity contribution in [3.63, 3.8) is 0 Å². The van der Waals surface area contributed by atoms with Crippen LogP contribution in [0.2, 0.25) is 0 Å². The second-order valence-electron chi connectivity index (χ2n) is 10.7. The number of halogens is 1. The summed E-state index contributed by atoms with van der Waals surface area (Å²) in [6.07, 6.45) is 5.28. The highest BCUT2D eigenvalue weighted by Gasteiger charge is 2.35. The van der Waals surface area contributed by atoms with Gasteiger partial charge in [0, 0.05) is 72.5 Å². The van der Waals surface area contributed by atoms with Gasteiger partial charge in [0.15, 0.2) is 0 Å². The summed E-state index contributed by atoms with van der Waals surface area (Å²) in [6.45, 7) is 8.58. The number of ether oxygens (including phenoxy) is 1. The third-order valence-electron chi connectivity index (χ3n) is 7.84. The number of methoxy groups -OCH3 is 1. The molecule has 5 rings (SSSR count). The van der Waals surface area contributed by atoms with Gasteiger partial charge in [0.1, 0.15) is 23.6 Å². The van der Waals surface area contributed by atoms with Crippen LogP contribution in [-0.2, 0) is 15.3 Å². The first-order valence-corrected chi connectivity index (χ1v) is 14.8. The number of thiol groups is 1. The van der Waals surface area contributed by atoms with Gasteiger partial charge >= 0.3 is 0 Å². The highest BCUT2D eigenvalue weighted by Crippen LogP contribution is 2.36. The second kappa shape index (κ2) is 11.5. The molecular formula is C27H37FN8O2S. The SMILES string of the molecule is CCC(C1CN(c2ncc(C(C)C)c3cc(Nc4ccnc(N5CC[C@@H](OC)[C@@H](F)C5)n4)ncc23)C1)[SH](=N)=O. The lowest BCUT2D eigenvalue weighted by molar-refractivity contribution is 0.0194. The monoisotopic (exact) mass is 556 g/mol. The number of nitrogens with one attached hydrogen (secondary N) is 2. The van der Waals surface area contributed by atoms with E-state index in [1.165, 1.54) is 0 Å². The van der Waals surface area contributed by atoms with Gasteiger partial charge in [0.25, 0.3) is 0 Å². The molecule has 2 N–H and O–H groups in total. The Morgan fingerprint density at radius 2 is 1.95 bits per heavy atom. The number of hydrogen-bond acceptors (Lipinski definition) is 10. The fourth-order valence-electron chi connectivity index (χ4n) is 5.57. The fourth-order valence-corrected chi connectivity index (χ4v) is 6.48. The van der Waals surface area contributed by atoms with Crippen LogP contribution in [0.15, 0.2) is 30.7 Å². The standard InChI is InChI=1S/C27H37FN8O2S/c1-5-23(39(29)37)17-13-36(14-17)26-20-12-31-25(10-18(20)19(11-32-26)16(2)3)33-24-6-8-30-27(34-24)35-9-7-22(38-4)21(28)15-35/h6,8,10-12,16-17,21-23,29,39H,5,7,9,13-15H2,1-4H3,(H,30,31,33,34)/t21-,22+,23?/m0/s1. The van der Waals surface area contributed by atoms with Crippen LogP contribution in [0.25, 0.3) is 10.8 Å². The van der Waals surface area contributed by atoms with Gasteiger partial charge in [-0.15, -0.1) is 0 Å². The molecule has 2 aliphatic rings. The van der Waals surface area contributed by atoms with Crippen LogP contribution < -0.4 is 15.1 Å². The molecule has 0 spiro atoms. The van der Waals surface area contributed by atoms with Crippen LogP contribution in [0.5, 0.6) is 0 Å². The van der Waals surface area contributed by atoms with Gasteiger partial charge in [0.05, 0.1) is 12.6 Å². The molecule has 2 unspecified atom stereocenters. The minimum absolute atomic E-state index is 0.0775. The van der Waals surface area contributed by atoms with Crippen molar-refractivity contribution in [1.82, 2.24) is 19.9 Å². The van der Waals surface area contributed by atoms with Crippen LogP contribution >= 0.6 is 0 Å². The van der Waals surface area contributed by atoms with Crippen LogP contribution in [0.3, 0.4) is 0 Å². The average Bonchev–Trinajstić information content (AvgIpc) is 2.89. The fraction of sp³-hybridized carbons (Fsp3) is 0.556. The molecule has 0 aromatic carbocycles. The number of nitrogens with zero attached hydrogens (tertiary/aromatic N) is 6. The van der Waals surface area contributed by atoms with Crippen LogP contribution in [0, 0.1) is 10.7 Å². The number of alkyl halides is 1. The van der Waals surface area contributed by atoms with Crippen molar-refractivity contribution in [2.24, 2.45) is 5.92 Å². The first-order chi connectivity index (χ1) is 18.8. The van der Waals surface area contributed by atoms with Gasteiger partial charge < -0.3 is 19.9 Å². The summed E-state index contributed by atoms with van der Waals surface area (Å²) in [4.78, 5) is 22.5. The van der Waals surface area contributed by atoms with Crippen molar-refractivity contribution >= 4 is 44.8 Å². The topological polar surface area (TPSA) is 120 Å². The molecule has 0 aliphatic carbocycles. The van der Waals surface area contributed by atoms with E-state index in [2.05, 4.69) is 39.0 Å². The Bertz CT molecular complexity index is 1390. The molecule has 39 heavy (non-hydrogen) atoms. The highest BCUT2D eigenvalue weighted by molar-refractivity contribution is 7.74. The summed E-state index contributed by atoms with van der Waals surface area (Å²) >= 11 is 0. The zero-order valence-electron chi connectivity index (χ0n) is 22.8. The number of rotatable bonds is 9. The molecule has 4 atom stereocenters. The van der Waals surface area contributed by atoms with Crippen LogP contribution in [0.4, 0.5) is 27.8 Å². The van der Waals surface area contributed by atoms with E-state index in [4.69, 9.17) is 14.5 Å². The highest BCUT2D eigenvalue weighted by atomic mass is 32.2. The molecule has 0 bridgehead atoms. The van der Waals surface area contributed by atoms with E-state index >= 15 is 0 Å². The van der Waals surface area contributed by atoms with E-state index in [0.717, 1.165) is 41.7 Å². The molecule has 5 heterocycles. The molecule has 0 amide bonds. The van der Waals surface area contributed by atoms with E-state index in [-0.39, 0.29) is 23.6 Å². The molecular weight excluding hydrogens is 519 g/mol. The predicted molar refractivity (Wildman–Crippen MR) is 154 cm³/mol. The minimum Gasteiger partial charge on any atom is -0.378 e. The summed E-state index contributed by atoms with van der Waals surface area (Å²) in [5, 5.41) is 5.24. The molecule has 3 aromatic heterocycles. The van der Waals surface area contributed by atoms with Crippen LogP contribution in [0.1, 0.15) is 45.1 Å². The summed E-state index contributed by atoms with van der Waals surface area (Å²) in [5.41, 5.74) is 1.12. The number of fused-ring (bicyclic) bond motifs is 1. The number of pyridine rings is 2. The molecule has 12 heteroatoms. The summed E-state index contributed by atoms with van der Waals surface area (Å²) in [7, 11) is -0.399. The third-order valence-corrected chi connectivity index (χ3v) is 9.23. The third kappa shape index (κ3) is 5.62. The van der Waals surface area contributed by atoms with Gasteiger partial charge in [-0.25, -0.2) is 19.3 Å². The quantitative estimate of drug-likeness (QED) is 0.331. The largest absolute Gasteiger partial charge is 0.378 e. The normalized spacial score (nSPS) is 21.7. The zero-order chi connectivity index (χ0) is 27.7. The summed E-state index contributed by atoms with van der Waals surface area (Å²) < 4.78 is 39.2. The van der Waals surface area contributed by atoms with Crippen molar-refractivity contribution in [3.05, 3.63) is 36.3 Å². The number of piperidine rings is 1. The van der Waals surface area contributed by atoms with Crippen molar-refractivity contribution in [3.8, 4) is 0 Å². The lowest BCUT2D eigenvalue weighted by Gasteiger charge is -2.43. The Balaban J connectivity index is 1.38. The molecule has 2 aliphatic heterocycles. The average molecular weight is 557 g/mol. The van der Waals surface area contributed by atoms with E-state index in [1.807, 2.05) is 30.3 Å². The minimum atomic E-state index is -1.94. The second-order valence-corrected chi connectivity index (χ2v) is 12.0. The smallest absolute Gasteiger partial charge is 0.227 e. The van der Waals surface area contributed by atoms with E-state index in [0.29, 0.717) is 30.5 Å². The molecule has 10 nitrogen and oxygen atoms in total. The summed E-state index contributed by atoms with van der Waals surface area (Å²) in [6, 6.07) is 3.79. The molecule has 0 saturated carbocycles. The first-order valence-electron chi connectivity index (χ1n) is 13.5.